The van der Waals surface area contributed by atoms with Gasteiger partial charge in [0.25, 0.3) is 5.91 Å². The maximum absolute atomic E-state index is 13.8. The molecule has 1 heterocycles. The van der Waals surface area contributed by atoms with Crippen molar-refractivity contribution in [3.8, 4) is 0 Å². The normalized spacial score (nSPS) is 17.2. The Hall–Kier alpha value is -3.91. The average Bonchev–Trinajstić information content (AvgIpc) is 2.97. The number of benzodiazepines with no additional fused rings is 1. The van der Waals surface area contributed by atoms with Crippen LogP contribution in [0, 0.1) is 17.6 Å². The molecule has 0 saturated carbocycles. The molecule has 0 saturated heterocycles. The van der Waals surface area contributed by atoms with Crippen LogP contribution >= 0.6 is 0 Å². The van der Waals surface area contributed by atoms with Crippen molar-refractivity contribution in [1.29, 1.82) is 0 Å². The highest BCUT2D eigenvalue weighted by molar-refractivity contribution is 6.20. The van der Waals surface area contributed by atoms with Gasteiger partial charge in [0.1, 0.15) is 0 Å². The highest BCUT2D eigenvalue weighted by Gasteiger charge is 2.33. The van der Waals surface area contributed by atoms with Gasteiger partial charge < -0.3 is 15.3 Å². The van der Waals surface area contributed by atoms with Crippen LogP contribution < -0.4 is 10.2 Å². The lowest BCUT2D eigenvalue weighted by Gasteiger charge is -2.25. The van der Waals surface area contributed by atoms with Gasteiger partial charge in [0.2, 0.25) is 12.1 Å². The fraction of sp³-hybridized carbons (Fsp3) is 0.222. The van der Waals surface area contributed by atoms with Crippen molar-refractivity contribution in [3.63, 3.8) is 0 Å². The summed E-state index contributed by atoms with van der Waals surface area (Å²) in [5, 5.41) is 12.6. The van der Waals surface area contributed by atoms with E-state index in [1.165, 1.54) is 11.0 Å². The van der Waals surface area contributed by atoms with Gasteiger partial charge in [-0.15, -0.1) is 0 Å². The van der Waals surface area contributed by atoms with E-state index < -0.39 is 48.1 Å². The molecule has 2 N–H and O–H groups in total. The zero-order valence-electron chi connectivity index (χ0n) is 19.3. The number of carbonyl (C=O) groups is 2. The number of hydrogen-bond donors (Lipinski definition) is 2. The van der Waals surface area contributed by atoms with E-state index in [0.29, 0.717) is 11.4 Å². The van der Waals surface area contributed by atoms with E-state index in [0.717, 1.165) is 23.3 Å². The number of para-hydroxylation sites is 1. The number of nitrogens with zero attached hydrogens (tertiary/aromatic N) is 2. The second kappa shape index (κ2) is 10.1. The molecule has 0 radical (unpaired) electrons. The first-order valence-corrected chi connectivity index (χ1v) is 11.2. The van der Waals surface area contributed by atoms with E-state index in [9.17, 15) is 23.5 Å². The standard InChI is InChI=1S/C27H25F2N3O3/c1-16(20(15-33)18-12-13-21(28)22(29)14-18)26(34)31-25-27(35)32(2)23-11-7-6-10-19(23)24(30-25)17-8-4-3-5-9-17/h3-14,16,20,25,33H,15H2,1-2H3,(H,31,34)/t16?,20?,25-/m1/s1. The number of likely N-dealkylation sites (N-methyl/N-ethyl adjacent to an activating group) is 1. The molecule has 3 aromatic rings. The van der Waals surface area contributed by atoms with Gasteiger partial charge in [0, 0.05) is 30.0 Å². The zero-order valence-corrected chi connectivity index (χ0v) is 19.3. The topological polar surface area (TPSA) is 82.0 Å². The average molecular weight is 478 g/mol. The van der Waals surface area contributed by atoms with Gasteiger partial charge in [-0.2, -0.15) is 0 Å². The lowest BCUT2D eigenvalue weighted by atomic mass is 9.87. The molecule has 0 bridgehead atoms. The molecule has 2 unspecified atom stereocenters. The predicted molar refractivity (Wildman–Crippen MR) is 129 cm³/mol. The van der Waals surface area contributed by atoms with Crippen LogP contribution in [0.25, 0.3) is 0 Å². The van der Waals surface area contributed by atoms with Crippen LogP contribution in [0.2, 0.25) is 0 Å². The van der Waals surface area contributed by atoms with Gasteiger partial charge in [-0.3, -0.25) is 9.59 Å². The fourth-order valence-corrected chi connectivity index (χ4v) is 4.19. The Morgan fingerprint density at radius 1 is 1.06 bits per heavy atom. The molecular formula is C27H25F2N3O3. The molecule has 0 aromatic heterocycles. The number of carbonyl (C=O) groups excluding carboxylic acids is 2. The number of rotatable bonds is 6. The molecule has 3 atom stereocenters. The van der Waals surface area contributed by atoms with E-state index in [-0.39, 0.29) is 5.56 Å². The molecule has 0 aliphatic carbocycles. The van der Waals surface area contributed by atoms with Gasteiger partial charge in [-0.05, 0) is 23.8 Å². The molecule has 8 heteroatoms. The lowest BCUT2D eigenvalue weighted by Crippen LogP contribution is -2.48. The summed E-state index contributed by atoms with van der Waals surface area (Å²) in [6.07, 6.45) is -1.22. The minimum Gasteiger partial charge on any atom is -0.396 e. The highest BCUT2D eigenvalue weighted by Crippen LogP contribution is 2.29. The first-order valence-electron chi connectivity index (χ1n) is 11.2. The second-order valence-electron chi connectivity index (χ2n) is 8.42. The van der Waals surface area contributed by atoms with Crippen molar-refractivity contribution in [2.75, 3.05) is 18.6 Å². The van der Waals surface area contributed by atoms with Crippen LogP contribution in [-0.4, -0.2) is 42.5 Å². The number of anilines is 1. The van der Waals surface area contributed by atoms with Gasteiger partial charge in [-0.1, -0.05) is 61.5 Å². The largest absolute Gasteiger partial charge is 0.396 e. The number of aliphatic hydroxyl groups is 1. The number of benzene rings is 3. The lowest BCUT2D eigenvalue weighted by molar-refractivity contribution is -0.130. The number of nitrogens with one attached hydrogen (secondary N) is 1. The molecule has 3 aromatic carbocycles. The molecule has 35 heavy (non-hydrogen) atoms. The number of halogens is 2. The maximum atomic E-state index is 13.8. The summed E-state index contributed by atoms with van der Waals surface area (Å²) in [5.74, 6) is -4.73. The molecule has 1 aliphatic rings. The van der Waals surface area contributed by atoms with E-state index in [1.807, 2.05) is 54.6 Å². The van der Waals surface area contributed by atoms with E-state index in [1.54, 1.807) is 14.0 Å². The van der Waals surface area contributed by atoms with Gasteiger partial charge in [0.05, 0.1) is 18.0 Å². The van der Waals surface area contributed by atoms with Crippen molar-refractivity contribution in [2.45, 2.75) is 19.0 Å². The Bertz CT molecular complexity index is 1280. The summed E-state index contributed by atoms with van der Waals surface area (Å²) >= 11 is 0. The van der Waals surface area contributed by atoms with E-state index in [4.69, 9.17) is 0 Å². The minimum absolute atomic E-state index is 0.277. The van der Waals surface area contributed by atoms with Crippen LogP contribution in [-0.2, 0) is 9.59 Å². The van der Waals surface area contributed by atoms with Crippen LogP contribution in [0.4, 0.5) is 14.5 Å². The van der Waals surface area contributed by atoms with Gasteiger partial charge in [0.15, 0.2) is 11.6 Å². The molecular weight excluding hydrogens is 452 g/mol. The minimum atomic E-state index is -1.22. The van der Waals surface area contributed by atoms with Crippen molar-refractivity contribution < 1.29 is 23.5 Å². The Kier molecular flexibility index (Phi) is 7.02. The van der Waals surface area contributed by atoms with Crippen LogP contribution in [0.5, 0.6) is 0 Å². The smallest absolute Gasteiger partial charge is 0.272 e. The first-order chi connectivity index (χ1) is 16.8. The molecule has 1 aliphatic heterocycles. The number of aliphatic imine (C=N–C) groups is 1. The monoisotopic (exact) mass is 477 g/mol. The third-order valence-corrected chi connectivity index (χ3v) is 6.26. The van der Waals surface area contributed by atoms with Crippen molar-refractivity contribution in [1.82, 2.24) is 5.32 Å². The molecule has 2 amide bonds. The van der Waals surface area contributed by atoms with Gasteiger partial charge >= 0.3 is 0 Å². The Morgan fingerprint density at radius 2 is 1.74 bits per heavy atom. The van der Waals surface area contributed by atoms with Crippen molar-refractivity contribution >= 4 is 23.2 Å². The SMILES string of the molecule is CC(C(=O)N[C@H]1N=C(c2ccccc2)c2ccccc2N(C)C1=O)C(CO)c1ccc(F)c(F)c1. The summed E-state index contributed by atoms with van der Waals surface area (Å²) < 4.78 is 27.1. The number of hydrogen-bond acceptors (Lipinski definition) is 4. The van der Waals surface area contributed by atoms with Crippen molar-refractivity contribution in [2.24, 2.45) is 10.9 Å². The third kappa shape index (κ3) is 4.83. The quantitative estimate of drug-likeness (QED) is 0.569. The molecule has 0 fully saturated rings. The molecule has 6 nitrogen and oxygen atoms in total. The Labute approximate surface area is 201 Å². The summed E-state index contributed by atoms with van der Waals surface area (Å²) in [4.78, 5) is 32.6. The number of amides is 2. The summed E-state index contributed by atoms with van der Waals surface area (Å²) in [7, 11) is 1.62. The zero-order chi connectivity index (χ0) is 25.1. The van der Waals surface area contributed by atoms with Crippen molar-refractivity contribution in [3.05, 3.63) is 101 Å². The molecule has 0 spiro atoms. The Morgan fingerprint density at radius 3 is 2.43 bits per heavy atom. The Balaban J connectivity index is 1.67. The predicted octanol–water partition coefficient (Wildman–Crippen LogP) is 3.63. The summed E-state index contributed by atoms with van der Waals surface area (Å²) in [5.41, 5.74) is 3.01. The molecule has 4 rings (SSSR count). The van der Waals surface area contributed by atoms with Crippen LogP contribution in [0.1, 0.15) is 29.5 Å². The molecule has 180 valence electrons. The first kappa shape index (κ1) is 24.2. The second-order valence-corrected chi connectivity index (χ2v) is 8.42. The highest BCUT2D eigenvalue weighted by atomic mass is 19.2. The van der Waals surface area contributed by atoms with E-state index in [2.05, 4.69) is 10.3 Å². The summed E-state index contributed by atoms with van der Waals surface area (Å²) in [6, 6.07) is 19.9. The van der Waals surface area contributed by atoms with Crippen LogP contribution in [0.15, 0.2) is 77.8 Å². The fourth-order valence-electron chi connectivity index (χ4n) is 4.19. The van der Waals surface area contributed by atoms with E-state index >= 15 is 0 Å². The third-order valence-electron chi connectivity index (χ3n) is 6.26. The number of fused-ring (bicyclic) bond motifs is 1. The maximum Gasteiger partial charge on any atom is 0.272 e. The number of aliphatic hydroxyl groups excluding tert-OH is 1. The summed E-state index contributed by atoms with van der Waals surface area (Å²) in [6.45, 7) is 1.08. The van der Waals surface area contributed by atoms with Crippen LogP contribution in [0.3, 0.4) is 0 Å². The van der Waals surface area contributed by atoms with Gasteiger partial charge in [-0.25, -0.2) is 13.8 Å².